The van der Waals surface area contributed by atoms with Crippen LogP contribution in [0, 0.1) is 0 Å². The van der Waals surface area contributed by atoms with Crippen molar-refractivity contribution in [2.45, 2.75) is 91.1 Å². The first kappa shape index (κ1) is 29.0. The van der Waals surface area contributed by atoms with Gasteiger partial charge in [0, 0.05) is 49.9 Å². The van der Waals surface area contributed by atoms with Gasteiger partial charge in [-0.1, -0.05) is 45.9 Å². The number of rotatable bonds is 14. The van der Waals surface area contributed by atoms with Crippen molar-refractivity contribution in [1.29, 1.82) is 0 Å². The summed E-state index contributed by atoms with van der Waals surface area (Å²) in [5.74, 6) is 0.435. The van der Waals surface area contributed by atoms with Crippen LogP contribution in [-0.2, 0) is 22.7 Å². The van der Waals surface area contributed by atoms with Crippen molar-refractivity contribution in [3.05, 3.63) is 78.4 Å². The summed E-state index contributed by atoms with van der Waals surface area (Å²) in [6, 6.07) is 14.5. The normalized spacial score (nSPS) is 11.2. The second kappa shape index (κ2) is 14.4. The van der Waals surface area contributed by atoms with Gasteiger partial charge in [-0.3, -0.25) is 9.59 Å². The number of esters is 1. The first-order chi connectivity index (χ1) is 18.2. The molecule has 0 bridgehead atoms. The first-order valence-electron chi connectivity index (χ1n) is 13.8. The Labute approximate surface area is 226 Å². The zero-order chi connectivity index (χ0) is 27.5. The molecule has 0 aliphatic rings. The van der Waals surface area contributed by atoms with E-state index in [0.29, 0.717) is 24.7 Å². The maximum Gasteiger partial charge on any atom is 0.311 e. The van der Waals surface area contributed by atoms with Crippen molar-refractivity contribution in [3.63, 3.8) is 0 Å². The molecule has 1 aromatic carbocycles. The number of nitrogens with zero attached hydrogens (tertiary/aromatic N) is 2. The van der Waals surface area contributed by atoms with E-state index in [1.165, 1.54) is 0 Å². The average molecular weight is 519 g/mol. The zero-order valence-corrected chi connectivity index (χ0v) is 23.2. The average Bonchev–Trinajstić information content (AvgIpc) is 2.89. The molecule has 0 fully saturated rings. The lowest BCUT2D eigenvalue weighted by molar-refractivity contribution is -0.697. The molecule has 1 N–H and O–H groups in total. The molecule has 0 saturated carbocycles. The lowest BCUT2D eigenvalue weighted by Gasteiger charge is -2.18. The summed E-state index contributed by atoms with van der Waals surface area (Å²) in [7, 11) is 0. The molecule has 0 spiro atoms. The van der Waals surface area contributed by atoms with Crippen LogP contribution < -0.4 is 13.9 Å². The van der Waals surface area contributed by atoms with Crippen LogP contribution in [0.4, 0.5) is 0 Å². The van der Waals surface area contributed by atoms with Gasteiger partial charge in [0.05, 0.1) is 0 Å². The van der Waals surface area contributed by atoms with Crippen molar-refractivity contribution in [2.24, 2.45) is 0 Å². The van der Waals surface area contributed by atoms with Gasteiger partial charge in [-0.15, -0.1) is 0 Å². The highest BCUT2D eigenvalue weighted by atomic mass is 16.5. The molecule has 2 heterocycles. The summed E-state index contributed by atoms with van der Waals surface area (Å²) >= 11 is 0. The molecule has 0 saturated heterocycles. The van der Waals surface area contributed by atoms with Gasteiger partial charge in [0.15, 0.2) is 24.8 Å². The van der Waals surface area contributed by atoms with Crippen LogP contribution in [0.15, 0.2) is 67.3 Å². The number of carboxylic acids is 1. The SMILES string of the molecule is CC(C)c1cccc(C(C)C)c1OC(=O)CCCC[n+]1ccc(-c2cc[n+](CCCCC(=O)O)cc2)cc1. The molecule has 0 amide bonds. The van der Waals surface area contributed by atoms with Crippen LogP contribution >= 0.6 is 0 Å². The third kappa shape index (κ3) is 8.79. The Bertz CT molecular complexity index is 1160. The van der Waals surface area contributed by atoms with E-state index in [4.69, 9.17) is 9.84 Å². The van der Waals surface area contributed by atoms with E-state index < -0.39 is 5.97 Å². The second-order valence-electron chi connectivity index (χ2n) is 10.5. The number of carbonyl (C=O) groups is 2. The van der Waals surface area contributed by atoms with Crippen molar-refractivity contribution in [1.82, 2.24) is 0 Å². The van der Waals surface area contributed by atoms with E-state index in [9.17, 15) is 9.59 Å². The fraction of sp³-hybridized carbons (Fsp3) is 0.438. The van der Waals surface area contributed by atoms with E-state index in [2.05, 4.69) is 85.6 Å². The summed E-state index contributed by atoms with van der Waals surface area (Å²) < 4.78 is 10.1. The smallest absolute Gasteiger partial charge is 0.311 e. The lowest BCUT2D eigenvalue weighted by atomic mass is 9.94. The van der Waals surface area contributed by atoms with Gasteiger partial charge in [0.1, 0.15) is 18.8 Å². The van der Waals surface area contributed by atoms with E-state index in [1.54, 1.807) is 0 Å². The minimum atomic E-state index is -0.738. The predicted octanol–water partition coefficient (Wildman–Crippen LogP) is 6.21. The number of hydrogen-bond acceptors (Lipinski definition) is 3. The minimum absolute atomic E-state index is 0.163. The number of ether oxygens (including phenoxy) is 1. The van der Waals surface area contributed by atoms with Gasteiger partial charge in [0.2, 0.25) is 0 Å². The molecular formula is C32H42N2O4+2. The predicted molar refractivity (Wildman–Crippen MR) is 148 cm³/mol. The summed E-state index contributed by atoms with van der Waals surface area (Å²) in [4.78, 5) is 23.3. The van der Waals surface area contributed by atoms with E-state index in [1.807, 2.05) is 18.5 Å². The number of para-hydroxylation sites is 1. The number of aromatic nitrogens is 2. The number of carboxylic acid groups (broad SMARTS) is 1. The molecule has 6 nitrogen and oxygen atoms in total. The summed E-state index contributed by atoms with van der Waals surface area (Å²) in [6.07, 6.45) is 12.1. The fourth-order valence-corrected chi connectivity index (χ4v) is 4.50. The Balaban J connectivity index is 1.45. The maximum absolute atomic E-state index is 12.6. The van der Waals surface area contributed by atoms with E-state index in [0.717, 1.165) is 60.4 Å². The standard InChI is InChI=1S/C32H41N2O4/c1-24(2)28-10-9-11-29(25(3)4)32(28)38-31(37)13-6-8-19-34-22-16-27(17-23-34)26-14-20-33(21-15-26)18-7-5-12-30(35)36/h9-11,14-17,20-25H,5-8,12-13,18-19H2,1-4H3/q+1/p+1. The molecular weight excluding hydrogens is 476 g/mol. The van der Waals surface area contributed by atoms with Crippen molar-refractivity contribution in [2.75, 3.05) is 0 Å². The molecule has 0 unspecified atom stereocenters. The van der Waals surface area contributed by atoms with E-state index in [-0.39, 0.29) is 12.4 Å². The van der Waals surface area contributed by atoms with Crippen molar-refractivity contribution < 1.29 is 28.6 Å². The van der Waals surface area contributed by atoms with Crippen LogP contribution in [0.25, 0.3) is 11.1 Å². The van der Waals surface area contributed by atoms with Gasteiger partial charge < -0.3 is 9.84 Å². The Hall–Kier alpha value is -3.54. The van der Waals surface area contributed by atoms with Crippen LogP contribution in [0.1, 0.15) is 89.2 Å². The maximum atomic E-state index is 12.6. The summed E-state index contributed by atoms with van der Waals surface area (Å²) in [5.41, 5.74) is 4.46. The summed E-state index contributed by atoms with van der Waals surface area (Å²) in [6.45, 7) is 10.2. The molecule has 3 rings (SSSR count). The highest BCUT2D eigenvalue weighted by Crippen LogP contribution is 2.34. The number of unbranched alkanes of at least 4 members (excludes halogenated alkanes) is 2. The van der Waals surface area contributed by atoms with Gasteiger partial charge >= 0.3 is 11.9 Å². The molecule has 2 aromatic heterocycles. The Kier molecular flexibility index (Phi) is 11.0. The Morgan fingerprint density at radius 1 is 0.711 bits per heavy atom. The summed E-state index contributed by atoms with van der Waals surface area (Å²) in [5, 5.41) is 8.74. The number of benzene rings is 1. The number of aryl methyl sites for hydroxylation is 2. The third-order valence-electron chi connectivity index (χ3n) is 6.76. The largest absolute Gasteiger partial charge is 0.481 e. The number of hydrogen-bond donors (Lipinski definition) is 1. The van der Waals surface area contributed by atoms with Crippen LogP contribution in [0.5, 0.6) is 5.75 Å². The lowest BCUT2D eigenvalue weighted by Crippen LogP contribution is -2.33. The second-order valence-corrected chi connectivity index (χ2v) is 10.5. The molecule has 6 heteroatoms. The van der Waals surface area contributed by atoms with Gasteiger partial charge in [-0.05, 0) is 46.9 Å². The van der Waals surface area contributed by atoms with E-state index >= 15 is 0 Å². The Morgan fingerprint density at radius 2 is 1.16 bits per heavy atom. The monoisotopic (exact) mass is 518 g/mol. The van der Waals surface area contributed by atoms with Crippen molar-refractivity contribution in [3.8, 4) is 16.9 Å². The number of pyridine rings is 2. The van der Waals surface area contributed by atoms with Gasteiger partial charge in [0.25, 0.3) is 0 Å². The molecule has 202 valence electrons. The van der Waals surface area contributed by atoms with Gasteiger partial charge in [-0.25, -0.2) is 9.13 Å². The van der Waals surface area contributed by atoms with Crippen LogP contribution in [0.3, 0.4) is 0 Å². The topological polar surface area (TPSA) is 71.4 Å². The molecule has 0 aliphatic carbocycles. The highest BCUT2D eigenvalue weighted by molar-refractivity contribution is 5.73. The van der Waals surface area contributed by atoms with Gasteiger partial charge in [-0.2, -0.15) is 0 Å². The van der Waals surface area contributed by atoms with Crippen LogP contribution in [0.2, 0.25) is 0 Å². The first-order valence-corrected chi connectivity index (χ1v) is 13.8. The molecule has 0 atom stereocenters. The molecule has 0 aliphatic heterocycles. The number of carbonyl (C=O) groups excluding carboxylic acids is 1. The molecule has 3 aromatic rings. The fourth-order valence-electron chi connectivity index (χ4n) is 4.50. The highest BCUT2D eigenvalue weighted by Gasteiger charge is 2.18. The zero-order valence-electron chi connectivity index (χ0n) is 23.2. The Morgan fingerprint density at radius 3 is 1.58 bits per heavy atom. The molecule has 0 radical (unpaired) electrons. The quantitative estimate of drug-likeness (QED) is 0.119. The molecule has 38 heavy (non-hydrogen) atoms. The van der Waals surface area contributed by atoms with Crippen LogP contribution in [-0.4, -0.2) is 17.0 Å². The third-order valence-corrected chi connectivity index (χ3v) is 6.76. The van der Waals surface area contributed by atoms with Crippen molar-refractivity contribution >= 4 is 11.9 Å². The number of aliphatic carboxylic acids is 1. The minimum Gasteiger partial charge on any atom is -0.481 e.